The first-order chi connectivity index (χ1) is 17.1. The maximum atomic E-state index is 12.7. The third kappa shape index (κ3) is 5.34. The SMILES string of the molecule is CSCC[C@H](NC(=O)CCC(=O)O[C@@H]1CC[C@H]2[C@@H]3CC[C@H]4CC(=O)CC[C@]4(C)[C@H]3CC[C@]12C)C(=O)O. The number of carbonyl (C=O) groups is 4. The number of fused-ring (bicyclic) bond motifs is 5. The van der Waals surface area contributed by atoms with Gasteiger partial charge in [-0.3, -0.25) is 14.4 Å². The molecule has 4 aliphatic carbocycles. The van der Waals surface area contributed by atoms with Crippen LogP contribution in [0.4, 0.5) is 0 Å². The molecule has 4 aliphatic rings. The van der Waals surface area contributed by atoms with Gasteiger partial charge in [-0.2, -0.15) is 11.8 Å². The minimum atomic E-state index is -1.05. The van der Waals surface area contributed by atoms with Crippen LogP contribution in [0.3, 0.4) is 0 Å². The fourth-order valence-electron chi connectivity index (χ4n) is 8.38. The van der Waals surface area contributed by atoms with E-state index in [1.165, 1.54) is 18.2 Å². The number of rotatable bonds is 9. The second-order valence-electron chi connectivity index (χ2n) is 12.2. The number of Topliss-reactive ketones (excluding diaryl/α,β-unsaturated/α-hetero) is 1. The van der Waals surface area contributed by atoms with E-state index in [1.807, 2.05) is 6.26 Å². The highest BCUT2D eigenvalue weighted by molar-refractivity contribution is 7.98. The summed E-state index contributed by atoms with van der Waals surface area (Å²) in [4.78, 5) is 48.5. The molecule has 0 bridgehead atoms. The van der Waals surface area contributed by atoms with Gasteiger partial charge in [0, 0.05) is 24.7 Å². The molecular weight excluding hydrogens is 478 g/mol. The Morgan fingerprint density at radius 1 is 1.06 bits per heavy atom. The fraction of sp³-hybridized carbons (Fsp3) is 0.857. The Hall–Kier alpha value is -1.57. The summed E-state index contributed by atoms with van der Waals surface area (Å²) in [6, 6.07) is -0.926. The van der Waals surface area contributed by atoms with Gasteiger partial charge in [0.2, 0.25) is 5.91 Å². The van der Waals surface area contributed by atoms with Crippen molar-refractivity contribution in [2.75, 3.05) is 12.0 Å². The second-order valence-corrected chi connectivity index (χ2v) is 13.2. The van der Waals surface area contributed by atoms with E-state index in [4.69, 9.17) is 4.74 Å². The summed E-state index contributed by atoms with van der Waals surface area (Å²) in [5.41, 5.74) is 0.239. The van der Waals surface area contributed by atoms with E-state index < -0.39 is 17.9 Å². The summed E-state index contributed by atoms with van der Waals surface area (Å²) in [7, 11) is 0. The highest BCUT2D eigenvalue weighted by atomic mass is 32.2. The molecule has 0 spiro atoms. The van der Waals surface area contributed by atoms with E-state index in [-0.39, 0.29) is 35.7 Å². The molecule has 8 atom stereocenters. The van der Waals surface area contributed by atoms with Crippen LogP contribution in [0, 0.1) is 34.5 Å². The van der Waals surface area contributed by atoms with Crippen molar-refractivity contribution in [1.82, 2.24) is 5.32 Å². The Morgan fingerprint density at radius 2 is 1.81 bits per heavy atom. The number of aliphatic carboxylic acids is 1. The molecule has 1 amide bonds. The summed E-state index contributed by atoms with van der Waals surface area (Å²) in [6.07, 6.45) is 11.0. The predicted molar refractivity (Wildman–Crippen MR) is 138 cm³/mol. The maximum Gasteiger partial charge on any atom is 0.326 e. The van der Waals surface area contributed by atoms with Gasteiger partial charge in [-0.05, 0) is 92.5 Å². The van der Waals surface area contributed by atoms with Crippen molar-refractivity contribution in [1.29, 1.82) is 0 Å². The fourth-order valence-corrected chi connectivity index (χ4v) is 8.86. The number of hydrogen-bond donors (Lipinski definition) is 2. The van der Waals surface area contributed by atoms with Crippen molar-refractivity contribution < 1.29 is 29.0 Å². The molecule has 0 heterocycles. The smallest absolute Gasteiger partial charge is 0.326 e. The lowest BCUT2D eigenvalue weighted by Gasteiger charge is -2.60. The second kappa shape index (κ2) is 11.0. The molecule has 4 saturated carbocycles. The first-order valence-corrected chi connectivity index (χ1v) is 15.2. The van der Waals surface area contributed by atoms with Crippen molar-refractivity contribution in [3.63, 3.8) is 0 Å². The van der Waals surface area contributed by atoms with Crippen molar-refractivity contribution in [3.05, 3.63) is 0 Å². The highest BCUT2D eigenvalue weighted by Gasteiger charge is 2.61. The highest BCUT2D eigenvalue weighted by Crippen LogP contribution is 2.66. The van der Waals surface area contributed by atoms with Gasteiger partial charge in [-0.25, -0.2) is 4.79 Å². The van der Waals surface area contributed by atoms with Gasteiger partial charge in [-0.1, -0.05) is 13.8 Å². The quantitative estimate of drug-likeness (QED) is 0.426. The third-order valence-electron chi connectivity index (χ3n) is 10.5. The number of carboxylic acid groups (broad SMARTS) is 1. The molecule has 8 heteroatoms. The monoisotopic (exact) mass is 521 g/mol. The minimum Gasteiger partial charge on any atom is -0.480 e. The molecule has 202 valence electrons. The van der Waals surface area contributed by atoms with Crippen LogP contribution in [-0.2, 0) is 23.9 Å². The van der Waals surface area contributed by atoms with E-state index >= 15 is 0 Å². The first kappa shape index (κ1) is 27.5. The van der Waals surface area contributed by atoms with E-state index in [0.29, 0.717) is 41.6 Å². The van der Waals surface area contributed by atoms with Crippen molar-refractivity contribution >= 4 is 35.4 Å². The van der Waals surface area contributed by atoms with Crippen LogP contribution < -0.4 is 5.32 Å². The number of hydrogen-bond acceptors (Lipinski definition) is 6. The summed E-state index contributed by atoms with van der Waals surface area (Å²) in [5, 5.41) is 11.8. The zero-order chi connectivity index (χ0) is 26.1. The summed E-state index contributed by atoms with van der Waals surface area (Å²) >= 11 is 1.53. The normalized spacial score (nSPS) is 38.3. The molecule has 0 saturated heterocycles. The molecule has 0 unspecified atom stereocenters. The Morgan fingerprint density at radius 3 is 2.53 bits per heavy atom. The third-order valence-corrected chi connectivity index (χ3v) is 11.1. The molecule has 7 nitrogen and oxygen atoms in total. The number of ether oxygens (including phenoxy) is 1. The van der Waals surface area contributed by atoms with Crippen LogP contribution in [0.25, 0.3) is 0 Å². The lowest BCUT2D eigenvalue weighted by atomic mass is 9.45. The van der Waals surface area contributed by atoms with Crippen molar-refractivity contribution in [3.8, 4) is 0 Å². The number of carbonyl (C=O) groups excluding carboxylic acids is 3. The lowest BCUT2D eigenvalue weighted by Crippen LogP contribution is -2.54. The summed E-state index contributed by atoms with van der Waals surface area (Å²) in [5.74, 6) is 1.62. The molecule has 4 fully saturated rings. The topological polar surface area (TPSA) is 110 Å². The molecule has 0 aromatic heterocycles. The van der Waals surface area contributed by atoms with Gasteiger partial charge in [0.05, 0.1) is 6.42 Å². The number of esters is 1. The average Bonchev–Trinajstić information content (AvgIpc) is 3.16. The Labute approximate surface area is 219 Å². The standard InChI is InChI=1S/C28H43NO6S/c1-27-13-10-18(30)16-17(27)4-5-19-20-6-7-23(28(20,2)14-11-21(19)27)35-25(32)9-8-24(31)29-22(26(33)34)12-15-36-3/h17,19-23H,4-16H2,1-3H3,(H,29,31)(H,33,34)/t17-,19-,20-,21-,22-,23+,27-,28-/m0/s1. The largest absolute Gasteiger partial charge is 0.480 e. The van der Waals surface area contributed by atoms with E-state index in [1.54, 1.807) is 0 Å². The van der Waals surface area contributed by atoms with Crippen LogP contribution in [-0.4, -0.2) is 52.9 Å². The molecule has 0 aliphatic heterocycles. The predicted octanol–water partition coefficient (Wildman–Crippen LogP) is 4.61. The number of thioether (sulfide) groups is 1. The Bertz CT molecular complexity index is 878. The molecule has 4 rings (SSSR count). The molecule has 0 radical (unpaired) electrons. The molecule has 0 aromatic carbocycles. The van der Waals surface area contributed by atoms with E-state index in [2.05, 4.69) is 19.2 Å². The minimum absolute atomic E-state index is 0.0288. The summed E-state index contributed by atoms with van der Waals surface area (Å²) in [6.45, 7) is 4.74. The van der Waals surface area contributed by atoms with Crippen LogP contribution in [0.2, 0.25) is 0 Å². The maximum absolute atomic E-state index is 12.7. The van der Waals surface area contributed by atoms with Gasteiger partial charge >= 0.3 is 11.9 Å². The summed E-state index contributed by atoms with van der Waals surface area (Å²) < 4.78 is 5.99. The van der Waals surface area contributed by atoms with Crippen LogP contribution in [0.1, 0.15) is 90.9 Å². The van der Waals surface area contributed by atoms with Crippen LogP contribution in [0.5, 0.6) is 0 Å². The van der Waals surface area contributed by atoms with Crippen LogP contribution >= 0.6 is 11.8 Å². The zero-order valence-corrected chi connectivity index (χ0v) is 22.9. The zero-order valence-electron chi connectivity index (χ0n) is 22.1. The van der Waals surface area contributed by atoms with E-state index in [0.717, 1.165) is 51.4 Å². The van der Waals surface area contributed by atoms with Gasteiger partial charge in [0.1, 0.15) is 17.9 Å². The number of nitrogens with one attached hydrogen (secondary N) is 1. The van der Waals surface area contributed by atoms with Gasteiger partial charge in [0.15, 0.2) is 0 Å². The molecule has 2 N–H and O–H groups in total. The van der Waals surface area contributed by atoms with Crippen molar-refractivity contribution in [2.45, 2.75) is 103 Å². The number of ketones is 1. The lowest BCUT2D eigenvalue weighted by molar-refractivity contribution is -0.164. The Kier molecular flexibility index (Phi) is 8.42. The van der Waals surface area contributed by atoms with Gasteiger partial charge < -0.3 is 15.2 Å². The molecular formula is C28H43NO6S. The van der Waals surface area contributed by atoms with Gasteiger partial charge in [0.25, 0.3) is 0 Å². The number of carboxylic acids is 1. The van der Waals surface area contributed by atoms with Crippen LogP contribution in [0.15, 0.2) is 0 Å². The first-order valence-electron chi connectivity index (χ1n) is 13.8. The Balaban J connectivity index is 1.31. The van der Waals surface area contributed by atoms with Gasteiger partial charge in [-0.15, -0.1) is 0 Å². The van der Waals surface area contributed by atoms with E-state index in [9.17, 15) is 24.3 Å². The molecule has 36 heavy (non-hydrogen) atoms. The average molecular weight is 522 g/mol. The molecule has 0 aromatic rings. The number of amides is 1. The van der Waals surface area contributed by atoms with Crippen molar-refractivity contribution in [2.24, 2.45) is 34.5 Å².